The Morgan fingerprint density at radius 3 is 2.08 bits per heavy atom. The van der Waals surface area contributed by atoms with Gasteiger partial charge in [0.15, 0.2) is 0 Å². The zero-order valence-corrected chi connectivity index (χ0v) is 18.3. The zero-order chi connectivity index (χ0) is 26.6. The Morgan fingerprint density at radius 2 is 1.53 bits per heavy atom. The van der Waals surface area contributed by atoms with Gasteiger partial charge in [0, 0.05) is 11.8 Å². The van der Waals surface area contributed by atoms with Crippen molar-refractivity contribution in [2.75, 3.05) is 0 Å². The minimum absolute atomic E-state index is 0.0395. The van der Waals surface area contributed by atoms with Crippen LogP contribution in [0, 0.1) is 0 Å². The Kier molecular flexibility index (Phi) is 6.09. The summed E-state index contributed by atoms with van der Waals surface area (Å²) in [5, 5.41) is 41.9. The Morgan fingerprint density at radius 1 is 0.889 bits per heavy atom. The van der Waals surface area contributed by atoms with Crippen molar-refractivity contribution in [3.05, 3.63) is 86.8 Å². The van der Waals surface area contributed by atoms with Crippen molar-refractivity contribution in [1.82, 2.24) is 14.8 Å². The summed E-state index contributed by atoms with van der Waals surface area (Å²) in [5.74, 6) is 0. The van der Waals surface area contributed by atoms with Gasteiger partial charge in [-0.2, -0.15) is 31.7 Å². The second-order valence-corrected chi connectivity index (χ2v) is 8.00. The monoisotopic (exact) mass is 529 g/mol. The summed E-state index contributed by atoms with van der Waals surface area (Å²) in [5.41, 5.74) is -6.21. The van der Waals surface area contributed by atoms with E-state index in [0.717, 1.165) is 36.5 Å². The number of alkyl halides is 5. The van der Waals surface area contributed by atoms with Crippen LogP contribution in [0.4, 0.5) is 22.0 Å². The maximum absolute atomic E-state index is 14.5. The Bertz CT molecular complexity index is 1530. The molecule has 8 nitrogen and oxygen atoms in total. The second-order valence-electron chi connectivity index (χ2n) is 7.56. The minimum Gasteiger partial charge on any atom is -0.336 e. The summed E-state index contributed by atoms with van der Waals surface area (Å²) < 4.78 is 68.0. The van der Waals surface area contributed by atoms with Crippen molar-refractivity contribution in [2.24, 2.45) is 0 Å². The highest BCUT2D eigenvalue weighted by Crippen LogP contribution is 2.39. The van der Waals surface area contributed by atoms with Crippen molar-refractivity contribution in [3.63, 3.8) is 0 Å². The summed E-state index contributed by atoms with van der Waals surface area (Å²) in [6.45, 7) is 0. The quantitative estimate of drug-likeness (QED) is 0.236. The summed E-state index contributed by atoms with van der Waals surface area (Å²) >= 11 is 5.94. The van der Waals surface area contributed by atoms with Crippen LogP contribution in [0.15, 0.2) is 59.5 Å². The number of aromatic nitrogens is 3. The van der Waals surface area contributed by atoms with Crippen molar-refractivity contribution < 1.29 is 42.4 Å². The average molecular weight is 530 g/mol. The van der Waals surface area contributed by atoms with E-state index in [2.05, 4.69) is 10.1 Å². The number of aliphatic hydroxyl groups is 4. The van der Waals surface area contributed by atoms with Crippen molar-refractivity contribution >= 4 is 22.5 Å². The first-order valence-electron chi connectivity index (χ1n) is 9.77. The third-order valence-electron chi connectivity index (χ3n) is 5.12. The topological polar surface area (TPSA) is 129 Å². The molecular weight excluding hydrogens is 517 g/mol. The molecule has 0 fully saturated rings. The maximum Gasteiger partial charge on any atom is 0.416 e. The van der Waals surface area contributed by atoms with Crippen LogP contribution in [0.5, 0.6) is 0 Å². The molecule has 0 amide bonds. The van der Waals surface area contributed by atoms with E-state index in [4.69, 9.17) is 11.6 Å². The summed E-state index contributed by atoms with van der Waals surface area (Å²) in [4.78, 5) is 17.1. The Labute approximate surface area is 202 Å². The minimum atomic E-state index is -4.67. The maximum atomic E-state index is 14.5. The van der Waals surface area contributed by atoms with Gasteiger partial charge in [-0.3, -0.25) is 9.78 Å². The molecule has 0 bridgehead atoms. The van der Waals surface area contributed by atoms with Gasteiger partial charge in [0.1, 0.15) is 11.2 Å². The van der Waals surface area contributed by atoms with Gasteiger partial charge in [-0.1, -0.05) is 29.8 Å². The van der Waals surface area contributed by atoms with Crippen molar-refractivity contribution in [2.45, 2.75) is 18.3 Å². The van der Waals surface area contributed by atoms with Gasteiger partial charge in [-0.05, 0) is 30.3 Å². The smallest absolute Gasteiger partial charge is 0.336 e. The van der Waals surface area contributed by atoms with Crippen LogP contribution >= 0.6 is 11.6 Å². The Balaban J connectivity index is 2.10. The fraction of sp³-hybridized carbons (Fsp3) is 0.136. The van der Waals surface area contributed by atoms with E-state index in [9.17, 15) is 47.2 Å². The molecule has 0 unspecified atom stereocenters. The number of hydrogen-bond acceptors (Lipinski definition) is 7. The fourth-order valence-electron chi connectivity index (χ4n) is 3.60. The number of nitrogens with zero attached hydrogens (tertiary/aromatic N) is 3. The van der Waals surface area contributed by atoms with Gasteiger partial charge in [0.05, 0.1) is 32.8 Å². The molecule has 0 aliphatic heterocycles. The SMILES string of the molecule is O=c1c2cc(Cl)cnc2c(-c2cccc(C(O)(O)F)c2C(O)(O)F)nn1-c1ccc(C(F)(F)F)cc1. The lowest BCUT2D eigenvalue weighted by molar-refractivity contribution is -0.290. The molecule has 2 aromatic carbocycles. The van der Waals surface area contributed by atoms with Crippen LogP contribution in [-0.4, -0.2) is 35.2 Å². The molecule has 188 valence electrons. The molecule has 0 atom stereocenters. The number of benzene rings is 2. The third kappa shape index (κ3) is 4.66. The van der Waals surface area contributed by atoms with Crippen LogP contribution in [-0.2, 0) is 18.3 Å². The highest BCUT2D eigenvalue weighted by molar-refractivity contribution is 6.31. The predicted octanol–water partition coefficient (Wildman–Crippen LogP) is 3.25. The number of pyridine rings is 1. The van der Waals surface area contributed by atoms with Gasteiger partial charge >= 0.3 is 18.3 Å². The number of fused-ring (bicyclic) bond motifs is 1. The predicted molar refractivity (Wildman–Crippen MR) is 115 cm³/mol. The summed E-state index contributed by atoms with van der Waals surface area (Å²) in [7, 11) is 0. The van der Waals surface area contributed by atoms with Gasteiger partial charge in [0.25, 0.3) is 5.56 Å². The van der Waals surface area contributed by atoms with Crippen LogP contribution in [0.1, 0.15) is 16.7 Å². The molecule has 0 spiro atoms. The van der Waals surface area contributed by atoms with Crippen LogP contribution < -0.4 is 5.56 Å². The fourth-order valence-corrected chi connectivity index (χ4v) is 3.76. The second kappa shape index (κ2) is 8.57. The molecule has 4 N–H and O–H groups in total. The van der Waals surface area contributed by atoms with E-state index in [1.165, 1.54) is 0 Å². The van der Waals surface area contributed by atoms with E-state index < -0.39 is 51.8 Å². The van der Waals surface area contributed by atoms with E-state index in [1.807, 2.05) is 0 Å². The highest BCUT2D eigenvalue weighted by Gasteiger charge is 2.40. The first-order chi connectivity index (χ1) is 16.6. The van der Waals surface area contributed by atoms with Crippen molar-refractivity contribution in [3.8, 4) is 16.9 Å². The lowest BCUT2D eigenvalue weighted by Crippen LogP contribution is -2.29. The van der Waals surface area contributed by atoms with Gasteiger partial charge in [0.2, 0.25) is 0 Å². The molecule has 2 heterocycles. The molecule has 4 aromatic rings. The van der Waals surface area contributed by atoms with E-state index in [-0.39, 0.29) is 21.6 Å². The first-order valence-corrected chi connectivity index (χ1v) is 10.1. The van der Waals surface area contributed by atoms with E-state index in [0.29, 0.717) is 22.9 Å². The van der Waals surface area contributed by atoms with Crippen molar-refractivity contribution in [1.29, 1.82) is 0 Å². The van der Waals surface area contributed by atoms with Crippen LogP contribution in [0.3, 0.4) is 0 Å². The summed E-state index contributed by atoms with van der Waals surface area (Å²) in [6.07, 6.45) is -3.60. The van der Waals surface area contributed by atoms with E-state index in [1.54, 1.807) is 0 Å². The lowest BCUT2D eigenvalue weighted by atomic mass is 9.95. The molecule has 0 aliphatic carbocycles. The lowest BCUT2D eigenvalue weighted by Gasteiger charge is -2.23. The van der Waals surface area contributed by atoms with Gasteiger partial charge in [-0.25, -0.2) is 0 Å². The molecule has 4 rings (SSSR count). The Hall–Kier alpha value is -3.49. The zero-order valence-electron chi connectivity index (χ0n) is 17.5. The molecule has 0 aliphatic rings. The molecule has 14 heteroatoms. The highest BCUT2D eigenvalue weighted by atomic mass is 35.5. The molecule has 0 saturated heterocycles. The largest absolute Gasteiger partial charge is 0.416 e. The van der Waals surface area contributed by atoms with E-state index >= 15 is 0 Å². The standard InChI is InChI=1S/C22H13ClF5N3O5/c23-11-8-14-17(29-9-11)18(13-2-1-3-15(21(27,33)34)16(13)22(28,35)36)30-31(19(14)32)12-6-4-10(5-7-12)20(24,25)26/h1-9,33-36H. The molecular formula is C22H13ClF5N3O5. The normalized spacial score (nSPS) is 12.8. The van der Waals surface area contributed by atoms with Crippen LogP contribution in [0.25, 0.3) is 27.8 Å². The summed E-state index contributed by atoms with van der Waals surface area (Å²) in [6, 6.07) is -1.61. The molecule has 36 heavy (non-hydrogen) atoms. The first kappa shape index (κ1) is 25.6. The molecule has 0 saturated carbocycles. The van der Waals surface area contributed by atoms with Crippen LogP contribution in [0.2, 0.25) is 5.02 Å². The molecule has 2 aromatic heterocycles. The number of halogens is 6. The molecule has 0 radical (unpaired) electrons. The van der Waals surface area contributed by atoms with Gasteiger partial charge < -0.3 is 20.4 Å². The van der Waals surface area contributed by atoms with Gasteiger partial charge in [-0.15, -0.1) is 0 Å². The third-order valence-corrected chi connectivity index (χ3v) is 5.33. The number of rotatable bonds is 4. The average Bonchev–Trinajstić information content (AvgIpc) is 2.77. The number of hydrogen-bond donors (Lipinski definition) is 4.